The highest BCUT2D eigenvalue weighted by Crippen LogP contribution is 2.24. The van der Waals surface area contributed by atoms with Crippen molar-refractivity contribution in [3.8, 4) is 5.75 Å². The van der Waals surface area contributed by atoms with Crippen molar-refractivity contribution in [3.63, 3.8) is 0 Å². The van der Waals surface area contributed by atoms with E-state index in [1.165, 1.54) is 11.3 Å². The molecule has 1 fully saturated rings. The molecular weight excluding hydrogens is 348 g/mol. The Morgan fingerprint density at radius 2 is 1.73 bits per heavy atom. The lowest BCUT2D eigenvalue weighted by atomic mass is 10.0. The molecular formula is C20H24N2O3S. The van der Waals surface area contributed by atoms with Crippen LogP contribution in [0, 0.1) is 13.8 Å². The lowest BCUT2D eigenvalue weighted by Crippen LogP contribution is -2.50. The first-order valence-electron chi connectivity index (χ1n) is 8.74. The third kappa shape index (κ3) is 3.90. The van der Waals surface area contributed by atoms with Crippen LogP contribution in [0.4, 0.5) is 0 Å². The minimum atomic E-state index is 0.0583. The van der Waals surface area contributed by atoms with Crippen molar-refractivity contribution in [1.29, 1.82) is 0 Å². The highest BCUT2D eigenvalue weighted by molar-refractivity contribution is 7.12. The number of methoxy groups -OCH3 is 1. The molecule has 0 N–H and O–H groups in total. The highest BCUT2D eigenvalue weighted by Gasteiger charge is 2.25. The van der Waals surface area contributed by atoms with E-state index in [0.717, 1.165) is 27.3 Å². The molecule has 3 rings (SSSR count). The summed E-state index contributed by atoms with van der Waals surface area (Å²) in [6.07, 6.45) is 0.323. The number of hydrogen-bond donors (Lipinski definition) is 0. The Morgan fingerprint density at radius 1 is 1.08 bits per heavy atom. The van der Waals surface area contributed by atoms with E-state index in [4.69, 9.17) is 4.74 Å². The smallest absolute Gasteiger partial charge is 0.264 e. The van der Waals surface area contributed by atoms with E-state index in [-0.39, 0.29) is 11.8 Å². The van der Waals surface area contributed by atoms with Crippen molar-refractivity contribution < 1.29 is 14.3 Å². The molecule has 1 aliphatic rings. The fraction of sp³-hybridized carbons (Fsp3) is 0.400. The second-order valence-electron chi connectivity index (χ2n) is 6.58. The van der Waals surface area contributed by atoms with Crippen molar-refractivity contribution in [2.75, 3.05) is 33.3 Å². The number of hydrogen-bond acceptors (Lipinski definition) is 4. The van der Waals surface area contributed by atoms with Crippen LogP contribution in [-0.4, -0.2) is 54.9 Å². The highest BCUT2D eigenvalue weighted by atomic mass is 32.1. The third-order valence-corrected chi connectivity index (χ3v) is 5.75. The number of piperazine rings is 1. The number of nitrogens with zero attached hydrogens (tertiary/aromatic N) is 2. The number of aryl methyl sites for hydroxylation is 2. The van der Waals surface area contributed by atoms with E-state index in [9.17, 15) is 9.59 Å². The average Bonchev–Trinajstić information content (AvgIpc) is 3.18. The molecule has 1 saturated heterocycles. The molecule has 6 heteroatoms. The van der Waals surface area contributed by atoms with Gasteiger partial charge in [-0.2, -0.15) is 0 Å². The first-order chi connectivity index (χ1) is 12.5. The molecule has 0 unspecified atom stereocenters. The second kappa shape index (κ2) is 7.91. The predicted molar refractivity (Wildman–Crippen MR) is 103 cm³/mol. The summed E-state index contributed by atoms with van der Waals surface area (Å²) >= 11 is 1.45. The summed E-state index contributed by atoms with van der Waals surface area (Å²) < 4.78 is 5.44. The van der Waals surface area contributed by atoms with E-state index in [1.807, 2.05) is 53.3 Å². The minimum absolute atomic E-state index is 0.0583. The van der Waals surface area contributed by atoms with Crippen molar-refractivity contribution in [2.24, 2.45) is 0 Å². The first-order valence-corrected chi connectivity index (χ1v) is 9.62. The van der Waals surface area contributed by atoms with Gasteiger partial charge in [0, 0.05) is 31.7 Å². The molecule has 2 aromatic rings. The Hall–Kier alpha value is -2.34. The maximum atomic E-state index is 12.7. The van der Waals surface area contributed by atoms with E-state index >= 15 is 0 Å². The summed E-state index contributed by atoms with van der Waals surface area (Å²) in [5, 5.41) is 1.91. The molecule has 1 aromatic carbocycles. The van der Waals surface area contributed by atoms with Crippen molar-refractivity contribution >= 4 is 23.2 Å². The number of carbonyl (C=O) groups excluding carboxylic acids is 2. The van der Waals surface area contributed by atoms with E-state index < -0.39 is 0 Å². The van der Waals surface area contributed by atoms with Crippen LogP contribution in [0.25, 0.3) is 0 Å². The molecule has 1 aromatic heterocycles. The van der Waals surface area contributed by atoms with Gasteiger partial charge >= 0.3 is 0 Å². The minimum Gasteiger partial charge on any atom is -0.496 e. The maximum Gasteiger partial charge on any atom is 0.264 e. The van der Waals surface area contributed by atoms with Crippen molar-refractivity contribution in [3.05, 3.63) is 51.2 Å². The van der Waals surface area contributed by atoms with Gasteiger partial charge in [0.25, 0.3) is 5.91 Å². The molecule has 26 heavy (non-hydrogen) atoms. The van der Waals surface area contributed by atoms with Crippen LogP contribution in [0.1, 0.15) is 26.4 Å². The number of thiophene rings is 1. The summed E-state index contributed by atoms with van der Waals surface area (Å²) in [7, 11) is 1.63. The number of rotatable bonds is 4. The standard InChI is InChI=1S/C20H24N2O3S/c1-14-11-16(17(25-3)12-15(14)2)13-19(23)21-6-8-22(9-7-21)20(24)18-5-4-10-26-18/h4-5,10-12H,6-9,13H2,1-3H3. The van der Waals surface area contributed by atoms with Crippen molar-refractivity contribution in [2.45, 2.75) is 20.3 Å². The van der Waals surface area contributed by atoms with Gasteiger partial charge in [0.1, 0.15) is 5.75 Å². The van der Waals surface area contributed by atoms with Crippen LogP contribution in [0.15, 0.2) is 29.6 Å². The van der Waals surface area contributed by atoms with E-state index in [0.29, 0.717) is 32.6 Å². The van der Waals surface area contributed by atoms with Gasteiger partial charge in [0.15, 0.2) is 0 Å². The van der Waals surface area contributed by atoms with E-state index in [1.54, 1.807) is 7.11 Å². The molecule has 0 spiro atoms. The van der Waals surface area contributed by atoms with E-state index in [2.05, 4.69) is 0 Å². The summed E-state index contributed by atoms with van der Waals surface area (Å²) in [4.78, 5) is 29.5. The zero-order chi connectivity index (χ0) is 18.7. The van der Waals surface area contributed by atoms with Crippen LogP contribution in [0.5, 0.6) is 5.75 Å². The number of ether oxygens (including phenoxy) is 1. The fourth-order valence-corrected chi connectivity index (χ4v) is 3.86. The predicted octanol–water partition coefficient (Wildman–Crippen LogP) is 2.90. The third-order valence-electron chi connectivity index (χ3n) is 4.89. The van der Waals surface area contributed by atoms with Gasteiger partial charge in [-0.3, -0.25) is 9.59 Å². The zero-order valence-corrected chi connectivity index (χ0v) is 16.3. The van der Waals surface area contributed by atoms with Crippen LogP contribution in [0.3, 0.4) is 0 Å². The Morgan fingerprint density at radius 3 is 2.35 bits per heavy atom. The largest absolute Gasteiger partial charge is 0.496 e. The Kier molecular flexibility index (Phi) is 5.61. The van der Waals surface area contributed by atoms with Crippen LogP contribution in [-0.2, 0) is 11.2 Å². The molecule has 0 saturated carbocycles. The number of benzene rings is 1. The van der Waals surface area contributed by atoms with Gasteiger partial charge in [-0.15, -0.1) is 11.3 Å². The molecule has 2 amide bonds. The molecule has 5 nitrogen and oxygen atoms in total. The number of amides is 2. The summed E-state index contributed by atoms with van der Waals surface area (Å²) in [5.41, 5.74) is 3.22. The van der Waals surface area contributed by atoms with Gasteiger partial charge in [-0.05, 0) is 42.5 Å². The molecule has 0 bridgehead atoms. The van der Waals surface area contributed by atoms with Crippen LogP contribution in [0.2, 0.25) is 0 Å². The molecule has 0 atom stereocenters. The lowest BCUT2D eigenvalue weighted by Gasteiger charge is -2.34. The molecule has 138 valence electrons. The molecule has 0 aliphatic carbocycles. The average molecular weight is 372 g/mol. The maximum absolute atomic E-state index is 12.7. The Bertz CT molecular complexity index is 794. The van der Waals surface area contributed by atoms with Gasteiger partial charge in [0.2, 0.25) is 5.91 Å². The lowest BCUT2D eigenvalue weighted by molar-refractivity contribution is -0.131. The molecule has 1 aliphatic heterocycles. The van der Waals surface area contributed by atoms with Gasteiger partial charge in [-0.1, -0.05) is 12.1 Å². The fourth-order valence-electron chi connectivity index (χ4n) is 3.17. The quantitative estimate of drug-likeness (QED) is 0.829. The summed E-state index contributed by atoms with van der Waals surface area (Å²) in [5.74, 6) is 0.894. The SMILES string of the molecule is COc1cc(C)c(C)cc1CC(=O)N1CCN(C(=O)c2cccs2)CC1. The number of carbonyl (C=O) groups is 2. The Labute approximate surface area is 158 Å². The summed E-state index contributed by atoms with van der Waals surface area (Å²) in [6.45, 7) is 6.37. The Balaban J connectivity index is 1.61. The zero-order valence-electron chi connectivity index (χ0n) is 15.4. The van der Waals surface area contributed by atoms with Gasteiger partial charge < -0.3 is 14.5 Å². The first kappa shape index (κ1) is 18.5. The second-order valence-corrected chi connectivity index (χ2v) is 7.52. The van der Waals surface area contributed by atoms with Crippen molar-refractivity contribution in [1.82, 2.24) is 9.80 Å². The van der Waals surface area contributed by atoms with Crippen LogP contribution >= 0.6 is 11.3 Å². The normalized spacial score (nSPS) is 14.4. The van der Waals surface area contributed by atoms with Crippen LogP contribution < -0.4 is 4.74 Å². The van der Waals surface area contributed by atoms with Gasteiger partial charge in [-0.25, -0.2) is 0 Å². The monoisotopic (exact) mass is 372 g/mol. The summed E-state index contributed by atoms with van der Waals surface area (Å²) in [6, 6.07) is 7.74. The van der Waals surface area contributed by atoms with Gasteiger partial charge in [0.05, 0.1) is 18.4 Å². The topological polar surface area (TPSA) is 49.9 Å². The molecule has 2 heterocycles. The molecule has 0 radical (unpaired) electrons.